The number of ether oxygens (including phenoxy) is 1. The van der Waals surface area contributed by atoms with Gasteiger partial charge in [-0.25, -0.2) is 9.18 Å². The molecule has 8 heteroatoms. The molecule has 0 aliphatic carbocycles. The van der Waals surface area contributed by atoms with Gasteiger partial charge in [0.25, 0.3) is 0 Å². The van der Waals surface area contributed by atoms with E-state index in [1.54, 1.807) is 17.0 Å². The number of urea groups is 1. The molecular formula is C23H29FN4O3. The molecule has 3 rings (SSSR count). The number of nitrogens with one attached hydrogen (secondary N) is 2. The third kappa shape index (κ3) is 7.16. The Morgan fingerprint density at radius 1 is 1.00 bits per heavy atom. The van der Waals surface area contributed by atoms with E-state index in [-0.39, 0.29) is 30.7 Å². The van der Waals surface area contributed by atoms with Crippen molar-refractivity contribution in [2.75, 3.05) is 50.8 Å². The second-order valence-electron chi connectivity index (χ2n) is 7.44. The van der Waals surface area contributed by atoms with E-state index in [4.69, 9.17) is 4.74 Å². The predicted molar refractivity (Wildman–Crippen MR) is 118 cm³/mol. The van der Waals surface area contributed by atoms with E-state index in [9.17, 15) is 14.0 Å². The number of carbonyl (C=O) groups excluding carboxylic acids is 2. The van der Waals surface area contributed by atoms with Gasteiger partial charge in [0.15, 0.2) is 0 Å². The van der Waals surface area contributed by atoms with Gasteiger partial charge in [0.2, 0.25) is 5.91 Å². The summed E-state index contributed by atoms with van der Waals surface area (Å²) in [6.45, 7) is 5.63. The standard InChI is InChI=1S/C23H29FN4O3/c1-18-3-2-4-21(17-18)31-16-11-26-23(30)25-10-9-22(29)28-14-12-27(13-15-28)20-7-5-19(24)6-8-20/h2-8,17H,9-16H2,1H3,(H2,25,26,30). The van der Waals surface area contributed by atoms with Crippen molar-refractivity contribution >= 4 is 17.6 Å². The number of amides is 3. The number of anilines is 1. The Balaban J connectivity index is 1.27. The van der Waals surface area contributed by atoms with E-state index in [1.165, 1.54) is 12.1 Å². The molecule has 1 aliphatic rings. The highest BCUT2D eigenvalue weighted by Gasteiger charge is 2.21. The summed E-state index contributed by atoms with van der Waals surface area (Å²) < 4.78 is 18.6. The summed E-state index contributed by atoms with van der Waals surface area (Å²) in [5.74, 6) is 0.530. The van der Waals surface area contributed by atoms with Crippen molar-refractivity contribution in [1.82, 2.24) is 15.5 Å². The topological polar surface area (TPSA) is 73.9 Å². The molecule has 0 atom stereocenters. The molecule has 3 amide bonds. The number of hydrogen-bond donors (Lipinski definition) is 2. The summed E-state index contributed by atoms with van der Waals surface area (Å²) in [4.78, 5) is 28.2. The third-order valence-electron chi connectivity index (χ3n) is 5.09. The van der Waals surface area contributed by atoms with Crippen molar-refractivity contribution in [2.45, 2.75) is 13.3 Å². The fourth-order valence-electron chi connectivity index (χ4n) is 3.41. The summed E-state index contributed by atoms with van der Waals surface area (Å²) in [6.07, 6.45) is 0.254. The van der Waals surface area contributed by atoms with Gasteiger partial charge < -0.3 is 25.2 Å². The molecule has 31 heavy (non-hydrogen) atoms. The smallest absolute Gasteiger partial charge is 0.314 e. The van der Waals surface area contributed by atoms with Crippen molar-refractivity contribution in [3.8, 4) is 5.75 Å². The van der Waals surface area contributed by atoms with Crippen molar-refractivity contribution in [2.24, 2.45) is 0 Å². The van der Waals surface area contributed by atoms with Crippen LogP contribution in [0.15, 0.2) is 48.5 Å². The molecule has 0 radical (unpaired) electrons. The zero-order chi connectivity index (χ0) is 22.1. The molecule has 1 fully saturated rings. The monoisotopic (exact) mass is 428 g/mol. The minimum Gasteiger partial charge on any atom is -0.492 e. The Hall–Kier alpha value is -3.29. The van der Waals surface area contributed by atoms with Gasteiger partial charge >= 0.3 is 6.03 Å². The summed E-state index contributed by atoms with van der Waals surface area (Å²) >= 11 is 0. The zero-order valence-electron chi connectivity index (χ0n) is 17.8. The van der Waals surface area contributed by atoms with Crippen molar-refractivity contribution in [1.29, 1.82) is 0 Å². The van der Waals surface area contributed by atoms with E-state index >= 15 is 0 Å². The van der Waals surface area contributed by atoms with Gasteiger partial charge in [-0.3, -0.25) is 4.79 Å². The molecule has 0 bridgehead atoms. The van der Waals surface area contributed by atoms with Crippen LogP contribution in [0.3, 0.4) is 0 Å². The van der Waals surface area contributed by atoms with Gasteiger partial charge in [0, 0.05) is 44.8 Å². The van der Waals surface area contributed by atoms with Gasteiger partial charge in [-0.2, -0.15) is 0 Å². The van der Waals surface area contributed by atoms with E-state index in [2.05, 4.69) is 15.5 Å². The summed E-state index contributed by atoms with van der Waals surface area (Å²) in [6, 6.07) is 13.8. The molecular weight excluding hydrogens is 399 g/mol. The lowest BCUT2D eigenvalue weighted by Gasteiger charge is -2.36. The van der Waals surface area contributed by atoms with E-state index in [1.807, 2.05) is 31.2 Å². The van der Waals surface area contributed by atoms with Crippen LogP contribution in [0.2, 0.25) is 0 Å². The number of piperazine rings is 1. The first-order valence-electron chi connectivity index (χ1n) is 10.5. The number of benzene rings is 2. The molecule has 2 N–H and O–H groups in total. The quantitative estimate of drug-likeness (QED) is 0.634. The zero-order valence-corrected chi connectivity index (χ0v) is 17.8. The molecule has 1 heterocycles. The minimum atomic E-state index is -0.318. The molecule has 1 aliphatic heterocycles. The molecule has 7 nitrogen and oxygen atoms in total. The number of rotatable bonds is 8. The molecule has 1 saturated heterocycles. The predicted octanol–water partition coefficient (Wildman–Crippen LogP) is 2.55. The number of aryl methyl sites for hydroxylation is 1. The van der Waals surface area contributed by atoms with Crippen LogP contribution in [0.25, 0.3) is 0 Å². The number of nitrogens with zero attached hydrogens (tertiary/aromatic N) is 2. The Kier molecular flexibility index (Phi) is 8.09. The lowest BCUT2D eigenvalue weighted by Crippen LogP contribution is -2.49. The van der Waals surface area contributed by atoms with Crippen LogP contribution < -0.4 is 20.3 Å². The highest BCUT2D eigenvalue weighted by atomic mass is 19.1. The van der Waals surface area contributed by atoms with Gasteiger partial charge in [-0.1, -0.05) is 12.1 Å². The highest BCUT2D eigenvalue weighted by molar-refractivity contribution is 5.78. The van der Waals surface area contributed by atoms with Gasteiger partial charge in [-0.15, -0.1) is 0 Å². The molecule has 0 spiro atoms. The second-order valence-corrected chi connectivity index (χ2v) is 7.44. The van der Waals surface area contributed by atoms with Crippen LogP contribution in [0.4, 0.5) is 14.9 Å². The largest absolute Gasteiger partial charge is 0.492 e. The summed E-state index contributed by atoms with van der Waals surface area (Å²) in [5.41, 5.74) is 2.07. The van der Waals surface area contributed by atoms with Crippen LogP contribution >= 0.6 is 0 Å². The van der Waals surface area contributed by atoms with E-state index < -0.39 is 0 Å². The minimum absolute atomic E-state index is 0.0156. The van der Waals surface area contributed by atoms with Crippen LogP contribution in [-0.4, -0.2) is 62.7 Å². The third-order valence-corrected chi connectivity index (χ3v) is 5.09. The maximum Gasteiger partial charge on any atom is 0.314 e. The maximum atomic E-state index is 13.1. The normalized spacial score (nSPS) is 13.6. The first-order valence-corrected chi connectivity index (χ1v) is 10.5. The van der Waals surface area contributed by atoms with Gasteiger partial charge in [0.1, 0.15) is 18.2 Å². The van der Waals surface area contributed by atoms with Crippen molar-refractivity contribution in [3.05, 3.63) is 59.9 Å². The average molecular weight is 429 g/mol. The SMILES string of the molecule is Cc1cccc(OCCNC(=O)NCCC(=O)N2CCN(c3ccc(F)cc3)CC2)c1. The Labute approximate surface area is 182 Å². The van der Waals surface area contributed by atoms with Crippen LogP contribution in [-0.2, 0) is 4.79 Å². The molecule has 0 unspecified atom stereocenters. The number of carbonyl (C=O) groups is 2. The van der Waals surface area contributed by atoms with E-state index in [0.717, 1.165) is 17.0 Å². The Morgan fingerprint density at radius 3 is 2.42 bits per heavy atom. The summed E-state index contributed by atoms with van der Waals surface area (Å²) in [7, 11) is 0. The van der Waals surface area contributed by atoms with Crippen molar-refractivity contribution in [3.63, 3.8) is 0 Å². The highest BCUT2D eigenvalue weighted by Crippen LogP contribution is 2.17. The van der Waals surface area contributed by atoms with Crippen LogP contribution in [0, 0.1) is 12.7 Å². The molecule has 0 aromatic heterocycles. The van der Waals surface area contributed by atoms with E-state index in [0.29, 0.717) is 39.3 Å². The Morgan fingerprint density at radius 2 is 1.71 bits per heavy atom. The average Bonchev–Trinajstić information content (AvgIpc) is 2.77. The second kappa shape index (κ2) is 11.2. The lowest BCUT2D eigenvalue weighted by molar-refractivity contribution is -0.131. The first kappa shape index (κ1) is 22.4. The van der Waals surface area contributed by atoms with Crippen LogP contribution in [0.1, 0.15) is 12.0 Å². The lowest BCUT2D eigenvalue weighted by atomic mass is 10.2. The molecule has 0 saturated carbocycles. The van der Waals surface area contributed by atoms with Gasteiger partial charge in [-0.05, 0) is 48.9 Å². The molecule has 2 aromatic rings. The Bertz CT molecular complexity index is 867. The van der Waals surface area contributed by atoms with Crippen molar-refractivity contribution < 1.29 is 18.7 Å². The molecule has 166 valence electrons. The molecule has 2 aromatic carbocycles. The van der Waals surface area contributed by atoms with Crippen LogP contribution in [0.5, 0.6) is 5.75 Å². The first-order chi connectivity index (χ1) is 15.0. The number of halogens is 1. The fraction of sp³-hybridized carbons (Fsp3) is 0.391. The maximum absolute atomic E-state index is 13.1. The summed E-state index contributed by atoms with van der Waals surface area (Å²) in [5, 5.41) is 5.42. The van der Waals surface area contributed by atoms with Gasteiger partial charge in [0.05, 0.1) is 6.54 Å². The number of hydrogen-bond acceptors (Lipinski definition) is 4. The fourth-order valence-corrected chi connectivity index (χ4v) is 3.41.